The van der Waals surface area contributed by atoms with E-state index < -0.39 is 0 Å². The van der Waals surface area contributed by atoms with E-state index in [0.717, 1.165) is 25.9 Å². The molecule has 2 saturated heterocycles. The van der Waals surface area contributed by atoms with Crippen molar-refractivity contribution in [2.24, 2.45) is 5.41 Å². The standard InChI is InChI=1S/C17H24N2O4/c1-21-12-17-6-3-9-23-15(17)5-8-19(11-17)16(20)13-4-7-18-10-14(13)22-2/h4,7,10,15H,3,5-6,8-9,11-12H2,1-2H3. The summed E-state index contributed by atoms with van der Waals surface area (Å²) in [5.74, 6) is 0.504. The normalized spacial score (nSPS) is 27.4. The molecule has 6 nitrogen and oxygen atoms in total. The zero-order valence-corrected chi connectivity index (χ0v) is 13.8. The molecular weight excluding hydrogens is 296 g/mol. The van der Waals surface area contributed by atoms with Crippen LogP contribution in [0.25, 0.3) is 0 Å². The van der Waals surface area contributed by atoms with Crippen LogP contribution in [0.4, 0.5) is 0 Å². The van der Waals surface area contributed by atoms with Crippen molar-refractivity contribution in [2.45, 2.75) is 25.4 Å². The minimum Gasteiger partial charge on any atom is -0.494 e. The van der Waals surface area contributed by atoms with Gasteiger partial charge in [0.05, 0.1) is 31.6 Å². The van der Waals surface area contributed by atoms with Crippen LogP contribution in [0, 0.1) is 5.41 Å². The Hall–Kier alpha value is -1.66. The Labute approximate surface area is 136 Å². The zero-order valence-electron chi connectivity index (χ0n) is 13.8. The minimum atomic E-state index is -0.0961. The molecule has 0 spiro atoms. The van der Waals surface area contributed by atoms with Crippen LogP contribution in [0.5, 0.6) is 5.75 Å². The number of carbonyl (C=O) groups is 1. The summed E-state index contributed by atoms with van der Waals surface area (Å²) in [6, 6.07) is 1.72. The number of ether oxygens (including phenoxy) is 3. The smallest absolute Gasteiger partial charge is 0.257 e. The predicted molar refractivity (Wildman–Crippen MR) is 84.6 cm³/mol. The lowest BCUT2D eigenvalue weighted by atomic mass is 9.73. The first kappa shape index (κ1) is 16.2. The molecular formula is C17H24N2O4. The van der Waals surface area contributed by atoms with Crippen molar-refractivity contribution in [3.05, 3.63) is 24.0 Å². The highest BCUT2D eigenvalue weighted by Gasteiger charge is 2.47. The molecule has 23 heavy (non-hydrogen) atoms. The molecule has 3 rings (SSSR count). The average Bonchev–Trinajstić information content (AvgIpc) is 2.60. The van der Waals surface area contributed by atoms with Gasteiger partial charge in [-0.25, -0.2) is 0 Å². The van der Waals surface area contributed by atoms with Crippen molar-refractivity contribution < 1.29 is 19.0 Å². The summed E-state index contributed by atoms with van der Waals surface area (Å²) in [6.45, 7) is 2.79. The fourth-order valence-electron chi connectivity index (χ4n) is 3.85. The van der Waals surface area contributed by atoms with E-state index in [1.54, 1.807) is 32.7 Å². The Morgan fingerprint density at radius 2 is 2.39 bits per heavy atom. The fraction of sp³-hybridized carbons (Fsp3) is 0.647. The highest BCUT2D eigenvalue weighted by molar-refractivity contribution is 5.96. The first-order valence-corrected chi connectivity index (χ1v) is 8.08. The Balaban J connectivity index is 1.82. The molecule has 6 heteroatoms. The quantitative estimate of drug-likeness (QED) is 0.846. The molecule has 1 aromatic heterocycles. The molecule has 1 aromatic rings. The topological polar surface area (TPSA) is 60.9 Å². The maximum Gasteiger partial charge on any atom is 0.257 e. The van der Waals surface area contributed by atoms with Gasteiger partial charge in [0.2, 0.25) is 0 Å². The molecule has 0 aliphatic carbocycles. The third kappa shape index (κ3) is 3.05. The first-order chi connectivity index (χ1) is 11.2. The van der Waals surface area contributed by atoms with Crippen molar-refractivity contribution in [2.75, 3.05) is 40.5 Å². The van der Waals surface area contributed by atoms with Crippen LogP contribution < -0.4 is 4.74 Å². The summed E-state index contributed by atoms with van der Waals surface area (Å²) in [5, 5.41) is 0. The summed E-state index contributed by atoms with van der Waals surface area (Å²) in [6.07, 6.45) is 6.27. The Bertz CT molecular complexity index is 561. The molecule has 2 fully saturated rings. The molecule has 2 atom stereocenters. The van der Waals surface area contributed by atoms with Gasteiger partial charge in [-0.15, -0.1) is 0 Å². The third-order valence-electron chi connectivity index (χ3n) is 4.94. The molecule has 126 valence electrons. The number of hydrogen-bond acceptors (Lipinski definition) is 5. The van der Waals surface area contributed by atoms with Crippen molar-refractivity contribution in [1.82, 2.24) is 9.88 Å². The number of aromatic nitrogens is 1. The van der Waals surface area contributed by atoms with Gasteiger partial charge in [-0.05, 0) is 25.3 Å². The third-order valence-corrected chi connectivity index (χ3v) is 4.94. The van der Waals surface area contributed by atoms with Crippen LogP contribution in [0.3, 0.4) is 0 Å². The van der Waals surface area contributed by atoms with Gasteiger partial charge in [0, 0.05) is 38.4 Å². The zero-order chi connectivity index (χ0) is 16.3. The van der Waals surface area contributed by atoms with Crippen LogP contribution in [-0.2, 0) is 9.47 Å². The van der Waals surface area contributed by atoms with E-state index in [4.69, 9.17) is 14.2 Å². The van der Waals surface area contributed by atoms with Crippen molar-refractivity contribution >= 4 is 5.91 Å². The van der Waals surface area contributed by atoms with Crippen LogP contribution in [-0.4, -0.2) is 62.4 Å². The van der Waals surface area contributed by atoms with E-state index in [2.05, 4.69) is 4.98 Å². The molecule has 0 N–H and O–H groups in total. The lowest BCUT2D eigenvalue weighted by molar-refractivity contribution is -0.142. The summed E-state index contributed by atoms with van der Waals surface area (Å²) < 4.78 is 16.7. The number of carbonyl (C=O) groups excluding carboxylic acids is 1. The average molecular weight is 320 g/mol. The molecule has 2 aliphatic rings. The van der Waals surface area contributed by atoms with Crippen molar-refractivity contribution in [1.29, 1.82) is 0 Å². The van der Waals surface area contributed by atoms with E-state index in [1.807, 2.05) is 4.90 Å². The van der Waals surface area contributed by atoms with Crippen LogP contribution in [0.1, 0.15) is 29.6 Å². The monoisotopic (exact) mass is 320 g/mol. The van der Waals surface area contributed by atoms with Gasteiger partial charge < -0.3 is 19.1 Å². The number of rotatable bonds is 4. The number of piperidine rings is 1. The maximum absolute atomic E-state index is 12.9. The molecule has 0 radical (unpaired) electrons. The molecule has 2 unspecified atom stereocenters. The van der Waals surface area contributed by atoms with Crippen molar-refractivity contribution in [3.8, 4) is 5.75 Å². The number of hydrogen-bond donors (Lipinski definition) is 0. The van der Waals surface area contributed by atoms with Crippen molar-refractivity contribution in [3.63, 3.8) is 0 Å². The Morgan fingerprint density at radius 1 is 1.52 bits per heavy atom. The van der Waals surface area contributed by atoms with Crippen LogP contribution in [0.2, 0.25) is 0 Å². The van der Waals surface area contributed by atoms with Gasteiger partial charge in [-0.1, -0.05) is 0 Å². The van der Waals surface area contributed by atoms with E-state index in [9.17, 15) is 4.79 Å². The summed E-state index contributed by atoms with van der Waals surface area (Å²) >= 11 is 0. The summed E-state index contributed by atoms with van der Waals surface area (Å²) in [4.78, 5) is 18.9. The molecule has 0 bridgehead atoms. The highest BCUT2D eigenvalue weighted by atomic mass is 16.5. The molecule has 0 aromatic carbocycles. The van der Waals surface area contributed by atoms with Crippen LogP contribution >= 0.6 is 0 Å². The maximum atomic E-state index is 12.9. The van der Waals surface area contributed by atoms with Gasteiger partial charge in [-0.2, -0.15) is 0 Å². The minimum absolute atomic E-state index is 0.0104. The second-order valence-corrected chi connectivity index (χ2v) is 6.35. The number of likely N-dealkylation sites (tertiary alicyclic amines) is 1. The summed E-state index contributed by atoms with van der Waals surface area (Å²) in [5.41, 5.74) is 0.464. The van der Waals surface area contributed by atoms with Crippen LogP contribution in [0.15, 0.2) is 18.5 Å². The molecule has 1 amide bonds. The van der Waals surface area contributed by atoms with Gasteiger partial charge in [0.25, 0.3) is 5.91 Å². The van der Waals surface area contributed by atoms with E-state index in [-0.39, 0.29) is 17.4 Å². The number of pyridine rings is 1. The Morgan fingerprint density at radius 3 is 3.17 bits per heavy atom. The van der Waals surface area contributed by atoms with E-state index in [1.165, 1.54) is 0 Å². The SMILES string of the molecule is COCC12CCCOC1CCN(C(=O)c1ccncc1OC)C2. The highest BCUT2D eigenvalue weighted by Crippen LogP contribution is 2.41. The second kappa shape index (κ2) is 6.84. The molecule has 0 saturated carbocycles. The van der Waals surface area contributed by atoms with Gasteiger partial charge in [0.1, 0.15) is 5.75 Å². The van der Waals surface area contributed by atoms with Gasteiger partial charge in [-0.3, -0.25) is 9.78 Å². The first-order valence-electron chi connectivity index (χ1n) is 8.08. The number of nitrogens with zero attached hydrogens (tertiary/aromatic N) is 2. The van der Waals surface area contributed by atoms with Gasteiger partial charge in [0.15, 0.2) is 0 Å². The number of methoxy groups -OCH3 is 2. The number of fused-ring (bicyclic) bond motifs is 1. The van der Waals surface area contributed by atoms with Gasteiger partial charge >= 0.3 is 0 Å². The lowest BCUT2D eigenvalue weighted by Gasteiger charge is -2.50. The molecule has 3 heterocycles. The largest absolute Gasteiger partial charge is 0.494 e. The Kier molecular flexibility index (Phi) is 4.82. The van der Waals surface area contributed by atoms with E-state index in [0.29, 0.717) is 31.0 Å². The lowest BCUT2D eigenvalue weighted by Crippen LogP contribution is -2.58. The predicted octanol–water partition coefficient (Wildman–Crippen LogP) is 1.75. The van der Waals surface area contributed by atoms with E-state index >= 15 is 0 Å². The fourth-order valence-corrected chi connectivity index (χ4v) is 3.85. The molecule has 2 aliphatic heterocycles. The number of amides is 1. The summed E-state index contributed by atoms with van der Waals surface area (Å²) in [7, 11) is 3.27. The second-order valence-electron chi connectivity index (χ2n) is 6.35.